The van der Waals surface area contributed by atoms with Crippen LogP contribution in [0.15, 0.2) is 24.3 Å². The minimum absolute atomic E-state index is 0.0535. The van der Waals surface area contributed by atoms with Gasteiger partial charge in [-0.15, -0.1) is 0 Å². The van der Waals surface area contributed by atoms with Gasteiger partial charge in [0.15, 0.2) is 5.78 Å². The number of ketones is 1. The average molecular weight is 385 g/mol. The van der Waals surface area contributed by atoms with Crippen molar-refractivity contribution in [1.29, 1.82) is 0 Å². The van der Waals surface area contributed by atoms with Crippen molar-refractivity contribution in [2.45, 2.75) is 40.0 Å². The summed E-state index contributed by atoms with van der Waals surface area (Å²) < 4.78 is 10.7. The maximum absolute atomic E-state index is 11.8. The molecule has 0 unspecified atom stereocenters. The number of esters is 1. The van der Waals surface area contributed by atoms with E-state index in [-0.39, 0.29) is 11.8 Å². The molecule has 0 amide bonds. The molecule has 0 N–H and O–H groups in total. The van der Waals surface area contributed by atoms with Crippen molar-refractivity contribution < 1.29 is 19.1 Å². The zero-order valence-corrected chi connectivity index (χ0v) is 15.6. The predicted octanol–water partition coefficient (Wildman–Crippen LogP) is 4.40. The van der Waals surface area contributed by atoms with Crippen LogP contribution in [0.1, 0.15) is 50.4 Å². The van der Waals surface area contributed by atoms with Gasteiger partial charge in [0.2, 0.25) is 0 Å². The van der Waals surface area contributed by atoms with E-state index in [9.17, 15) is 9.59 Å². The molecule has 0 saturated carbocycles. The van der Waals surface area contributed by atoms with E-state index in [2.05, 4.69) is 15.9 Å². The number of unbranched alkanes of at least 4 members (excludes halogenated alkanes) is 1. The third-order valence-electron chi connectivity index (χ3n) is 3.59. The Labute approximate surface area is 146 Å². The van der Waals surface area contributed by atoms with Crippen LogP contribution in [0.5, 0.6) is 5.75 Å². The molecule has 0 fully saturated rings. The second-order valence-electron chi connectivity index (χ2n) is 5.99. The molecule has 0 aliphatic carbocycles. The lowest BCUT2D eigenvalue weighted by molar-refractivity contribution is -0.153. The van der Waals surface area contributed by atoms with Crippen molar-refractivity contribution in [3.8, 4) is 5.75 Å². The molecule has 23 heavy (non-hydrogen) atoms. The maximum Gasteiger partial charge on any atom is 0.311 e. The highest BCUT2D eigenvalue weighted by atomic mass is 79.9. The molecule has 0 atom stereocenters. The first-order valence-electron chi connectivity index (χ1n) is 7.90. The van der Waals surface area contributed by atoms with Gasteiger partial charge in [0.05, 0.1) is 24.0 Å². The molecule has 1 rings (SSSR count). The molecule has 0 saturated heterocycles. The van der Waals surface area contributed by atoms with E-state index in [0.717, 1.165) is 25.0 Å². The van der Waals surface area contributed by atoms with E-state index < -0.39 is 5.41 Å². The number of carbonyl (C=O) groups is 2. The normalized spacial score (nSPS) is 11.1. The first-order chi connectivity index (χ1) is 10.9. The Kier molecular flexibility index (Phi) is 8.31. The summed E-state index contributed by atoms with van der Waals surface area (Å²) >= 11 is 3.15. The molecule has 5 heteroatoms. The Morgan fingerprint density at radius 3 is 2.35 bits per heavy atom. The molecule has 0 bridgehead atoms. The molecule has 4 nitrogen and oxygen atoms in total. The largest absolute Gasteiger partial charge is 0.494 e. The van der Waals surface area contributed by atoms with Crippen molar-refractivity contribution in [2.75, 3.05) is 18.5 Å². The van der Waals surface area contributed by atoms with Crippen LogP contribution in [-0.4, -0.2) is 30.3 Å². The zero-order valence-electron chi connectivity index (χ0n) is 14.1. The first-order valence-corrected chi connectivity index (χ1v) is 9.02. The Balaban J connectivity index is 2.30. The third-order valence-corrected chi connectivity index (χ3v) is 4.10. The molecule has 0 aliphatic rings. The van der Waals surface area contributed by atoms with E-state index in [4.69, 9.17) is 9.47 Å². The minimum atomic E-state index is -0.451. The fourth-order valence-electron chi connectivity index (χ4n) is 2.10. The van der Waals surface area contributed by atoms with Gasteiger partial charge in [-0.05, 0) is 64.3 Å². The number of rotatable bonds is 10. The summed E-state index contributed by atoms with van der Waals surface area (Å²) in [6, 6.07) is 7.14. The molecule has 1 aromatic carbocycles. The number of halogens is 1. The number of benzene rings is 1. The van der Waals surface area contributed by atoms with Crippen LogP contribution in [0.3, 0.4) is 0 Å². The summed E-state index contributed by atoms with van der Waals surface area (Å²) in [6.07, 6.45) is 2.53. The van der Waals surface area contributed by atoms with Crippen LogP contribution < -0.4 is 4.74 Å². The van der Waals surface area contributed by atoms with Crippen molar-refractivity contribution in [2.24, 2.45) is 5.41 Å². The first kappa shape index (κ1) is 19.7. The van der Waals surface area contributed by atoms with Gasteiger partial charge >= 0.3 is 5.97 Å². The van der Waals surface area contributed by atoms with Crippen LogP contribution in [0.25, 0.3) is 0 Å². The fraction of sp³-hybridized carbons (Fsp3) is 0.556. The van der Waals surface area contributed by atoms with Crippen molar-refractivity contribution in [1.82, 2.24) is 0 Å². The number of ether oxygens (including phenoxy) is 2. The average Bonchev–Trinajstić information content (AvgIpc) is 2.54. The molecule has 0 heterocycles. The minimum Gasteiger partial charge on any atom is -0.494 e. The van der Waals surface area contributed by atoms with Crippen LogP contribution >= 0.6 is 15.9 Å². The number of Topliss-reactive ketones (excluding diaryl/α,β-unsaturated/α-hetero) is 1. The molecule has 0 aromatic heterocycles. The Hall–Kier alpha value is -1.36. The SMILES string of the molecule is CCOC(=O)C(C)(C)CCCCOc1ccc(C(=O)CBr)cc1. The molecule has 0 aliphatic heterocycles. The van der Waals surface area contributed by atoms with Crippen LogP contribution in [0, 0.1) is 5.41 Å². The quantitative estimate of drug-likeness (QED) is 0.259. The lowest BCUT2D eigenvalue weighted by atomic mass is 9.87. The predicted molar refractivity (Wildman–Crippen MR) is 94.3 cm³/mol. The summed E-state index contributed by atoms with van der Waals surface area (Å²) in [5.74, 6) is 0.659. The Morgan fingerprint density at radius 1 is 1.13 bits per heavy atom. The highest BCUT2D eigenvalue weighted by Gasteiger charge is 2.28. The van der Waals surface area contributed by atoms with E-state index in [1.807, 2.05) is 20.8 Å². The van der Waals surface area contributed by atoms with Crippen LogP contribution in [0.2, 0.25) is 0 Å². The molecular weight excluding hydrogens is 360 g/mol. The van der Waals surface area contributed by atoms with Gasteiger partial charge in [0, 0.05) is 5.56 Å². The molecule has 128 valence electrons. The number of alkyl halides is 1. The van der Waals surface area contributed by atoms with E-state index in [1.165, 1.54) is 0 Å². The van der Waals surface area contributed by atoms with Crippen molar-refractivity contribution >= 4 is 27.7 Å². The number of hydrogen-bond acceptors (Lipinski definition) is 4. The van der Waals surface area contributed by atoms with Gasteiger partial charge < -0.3 is 9.47 Å². The smallest absolute Gasteiger partial charge is 0.311 e. The van der Waals surface area contributed by atoms with Gasteiger partial charge in [-0.1, -0.05) is 15.9 Å². The van der Waals surface area contributed by atoms with Gasteiger partial charge in [0.25, 0.3) is 0 Å². The summed E-state index contributed by atoms with van der Waals surface area (Å²) in [5.41, 5.74) is 0.221. The Morgan fingerprint density at radius 2 is 1.78 bits per heavy atom. The number of hydrogen-bond donors (Lipinski definition) is 0. The lowest BCUT2D eigenvalue weighted by Gasteiger charge is -2.21. The summed E-state index contributed by atoms with van der Waals surface area (Å²) in [6.45, 7) is 6.64. The highest BCUT2D eigenvalue weighted by molar-refractivity contribution is 9.09. The van der Waals surface area contributed by atoms with Gasteiger partial charge in [-0.2, -0.15) is 0 Å². The number of carbonyl (C=O) groups excluding carboxylic acids is 2. The summed E-state index contributed by atoms with van der Waals surface area (Å²) in [4.78, 5) is 23.3. The van der Waals surface area contributed by atoms with Crippen LogP contribution in [0.4, 0.5) is 0 Å². The Bertz CT molecular complexity index is 508. The van der Waals surface area contributed by atoms with Gasteiger partial charge in [-0.3, -0.25) is 9.59 Å². The van der Waals surface area contributed by atoms with E-state index in [0.29, 0.717) is 24.1 Å². The summed E-state index contributed by atoms with van der Waals surface area (Å²) in [7, 11) is 0. The molecular formula is C18H25BrO4. The lowest BCUT2D eigenvalue weighted by Crippen LogP contribution is -2.26. The second kappa shape index (κ2) is 9.71. The molecule has 0 radical (unpaired) electrons. The van der Waals surface area contributed by atoms with Crippen molar-refractivity contribution in [3.63, 3.8) is 0 Å². The molecule has 1 aromatic rings. The zero-order chi connectivity index (χ0) is 17.3. The monoisotopic (exact) mass is 384 g/mol. The van der Waals surface area contributed by atoms with Gasteiger partial charge in [0.1, 0.15) is 5.75 Å². The van der Waals surface area contributed by atoms with Gasteiger partial charge in [-0.25, -0.2) is 0 Å². The topological polar surface area (TPSA) is 52.6 Å². The van der Waals surface area contributed by atoms with E-state index >= 15 is 0 Å². The second-order valence-corrected chi connectivity index (χ2v) is 6.55. The standard InChI is InChI=1S/C18H25BrO4/c1-4-22-17(21)18(2,3)11-5-6-12-23-15-9-7-14(8-10-15)16(20)13-19/h7-10H,4-6,11-13H2,1-3H3. The van der Waals surface area contributed by atoms with E-state index in [1.54, 1.807) is 24.3 Å². The van der Waals surface area contributed by atoms with Crippen molar-refractivity contribution in [3.05, 3.63) is 29.8 Å². The third kappa shape index (κ3) is 6.73. The maximum atomic E-state index is 11.8. The van der Waals surface area contributed by atoms with Crippen LogP contribution in [-0.2, 0) is 9.53 Å². The summed E-state index contributed by atoms with van der Waals surface area (Å²) in [5, 5.41) is 0.323. The fourth-order valence-corrected chi connectivity index (χ4v) is 2.43. The highest BCUT2D eigenvalue weighted by Crippen LogP contribution is 2.25. The molecule has 0 spiro atoms.